The highest BCUT2D eigenvalue weighted by molar-refractivity contribution is 8.13. The number of rotatable bonds is 2. The van der Waals surface area contributed by atoms with Crippen LogP contribution in [0.4, 0.5) is 0 Å². The SMILES string of the molecule is COC(=O)C(C)NC1=NCC(C)CS1. The van der Waals surface area contributed by atoms with Crippen molar-refractivity contribution in [1.82, 2.24) is 5.32 Å². The Kier molecular flexibility index (Phi) is 4.25. The zero-order chi connectivity index (χ0) is 10.6. The quantitative estimate of drug-likeness (QED) is 0.696. The molecule has 0 aliphatic carbocycles. The maximum absolute atomic E-state index is 11.1. The van der Waals surface area contributed by atoms with E-state index in [1.54, 1.807) is 18.7 Å². The third kappa shape index (κ3) is 3.21. The summed E-state index contributed by atoms with van der Waals surface area (Å²) in [7, 11) is 1.39. The molecule has 14 heavy (non-hydrogen) atoms. The van der Waals surface area contributed by atoms with Crippen LogP contribution in [0.3, 0.4) is 0 Å². The van der Waals surface area contributed by atoms with Crippen LogP contribution in [0.15, 0.2) is 4.99 Å². The van der Waals surface area contributed by atoms with Crippen LogP contribution in [0.5, 0.6) is 0 Å². The summed E-state index contributed by atoms with van der Waals surface area (Å²) in [5.74, 6) is 1.42. The molecule has 0 bridgehead atoms. The smallest absolute Gasteiger partial charge is 0.328 e. The van der Waals surface area contributed by atoms with Gasteiger partial charge in [0.05, 0.1) is 7.11 Å². The summed E-state index contributed by atoms with van der Waals surface area (Å²) < 4.78 is 4.61. The van der Waals surface area contributed by atoms with Gasteiger partial charge in [-0.25, -0.2) is 4.79 Å². The summed E-state index contributed by atoms with van der Waals surface area (Å²) in [4.78, 5) is 15.4. The van der Waals surface area contributed by atoms with Gasteiger partial charge in [-0.3, -0.25) is 4.99 Å². The third-order valence-corrected chi connectivity index (χ3v) is 3.20. The van der Waals surface area contributed by atoms with Gasteiger partial charge in [-0.15, -0.1) is 0 Å². The summed E-state index contributed by atoms with van der Waals surface area (Å²) in [6.07, 6.45) is 0. The summed E-state index contributed by atoms with van der Waals surface area (Å²) in [5, 5.41) is 3.88. The first-order chi connectivity index (χ1) is 6.63. The molecule has 2 unspecified atom stereocenters. The van der Waals surface area contributed by atoms with Gasteiger partial charge in [-0.05, 0) is 12.8 Å². The number of esters is 1. The number of carbonyl (C=O) groups excluding carboxylic acids is 1. The van der Waals surface area contributed by atoms with Crippen molar-refractivity contribution in [3.63, 3.8) is 0 Å². The van der Waals surface area contributed by atoms with Crippen molar-refractivity contribution in [2.24, 2.45) is 10.9 Å². The third-order valence-electron chi connectivity index (χ3n) is 1.95. The van der Waals surface area contributed by atoms with Crippen LogP contribution in [-0.4, -0.2) is 36.6 Å². The minimum absolute atomic E-state index is 0.257. The molecule has 0 spiro atoms. The Labute approximate surface area is 88.5 Å². The van der Waals surface area contributed by atoms with Crippen molar-refractivity contribution < 1.29 is 9.53 Å². The van der Waals surface area contributed by atoms with E-state index in [9.17, 15) is 4.79 Å². The summed E-state index contributed by atoms with van der Waals surface area (Å²) in [6, 6.07) is -0.320. The molecule has 0 aromatic rings. The van der Waals surface area contributed by atoms with Crippen molar-refractivity contribution in [2.45, 2.75) is 19.9 Å². The van der Waals surface area contributed by atoms with Gasteiger partial charge in [0.2, 0.25) is 0 Å². The molecule has 80 valence electrons. The Morgan fingerprint density at radius 3 is 3.00 bits per heavy atom. The average Bonchev–Trinajstić information content (AvgIpc) is 2.20. The number of hydrogen-bond donors (Lipinski definition) is 1. The van der Waals surface area contributed by atoms with E-state index < -0.39 is 0 Å². The fraction of sp³-hybridized carbons (Fsp3) is 0.778. The number of amidine groups is 1. The maximum Gasteiger partial charge on any atom is 0.328 e. The first-order valence-electron chi connectivity index (χ1n) is 4.65. The fourth-order valence-electron chi connectivity index (χ4n) is 1.07. The second-order valence-electron chi connectivity index (χ2n) is 3.45. The molecule has 2 atom stereocenters. The Bertz CT molecular complexity index is 243. The predicted octanol–water partition coefficient (Wildman–Crippen LogP) is 0.876. The van der Waals surface area contributed by atoms with E-state index in [0.717, 1.165) is 17.5 Å². The molecule has 5 heteroatoms. The summed E-state index contributed by atoms with van der Waals surface area (Å²) >= 11 is 1.66. The van der Waals surface area contributed by atoms with Gasteiger partial charge in [0.1, 0.15) is 6.04 Å². The second-order valence-corrected chi connectivity index (χ2v) is 4.46. The van der Waals surface area contributed by atoms with E-state index in [4.69, 9.17) is 0 Å². The van der Waals surface area contributed by atoms with Crippen LogP contribution in [0, 0.1) is 5.92 Å². The molecular weight excluding hydrogens is 200 g/mol. The molecular formula is C9H16N2O2S. The molecule has 1 rings (SSSR count). The molecule has 0 fully saturated rings. The van der Waals surface area contributed by atoms with Crippen LogP contribution in [0.1, 0.15) is 13.8 Å². The average molecular weight is 216 g/mol. The fourth-order valence-corrected chi connectivity index (χ4v) is 2.04. The van der Waals surface area contributed by atoms with Crippen molar-refractivity contribution in [1.29, 1.82) is 0 Å². The Balaban J connectivity index is 2.41. The van der Waals surface area contributed by atoms with E-state index in [1.165, 1.54) is 7.11 Å². The largest absolute Gasteiger partial charge is 0.467 e. The van der Waals surface area contributed by atoms with Crippen LogP contribution < -0.4 is 5.32 Å². The van der Waals surface area contributed by atoms with E-state index in [0.29, 0.717) is 5.92 Å². The van der Waals surface area contributed by atoms with Gasteiger partial charge < -0.3 is 10.1 Å². The number of carbonyl (C=O) groups is 1. The minimum atomic E-state index is -0.320. The highest BCUT2D eigenvalue weighted by Gasteiger charge is 2.17. The summed E-state index contributed by atoms with van der Waals surface area (Å²) in [6.45, 7) is 4.77. The number of ether oxygens (including phenoxy) is 1. The number of methoxy groups -OCH3 is 1. The topological polar surface area (TPSA) is 50.7 Å². The Morgan fingerprint density at radius 1 is 1.79 bits per heavy atom. The van der Waals surface area contributed by atoms with Crippen molar-refractivity contribution in [3.05, 3.63) is 0 Å². The molecule has 1 aliphatic heterocycles. The number of thioether (sulfide) groups is 1. The highest BCUT2D eigenvalue weighted by atomic mass is 32.2. The lowest BCUT2D eigenvalue weighted by atomic mass is 10.2. The first kappa shape index (κ1) is 11.4. The van der Waals surface area contributed by atoms with Gasteiger partial charge in [0.15, 0.2) is 5.17 Å². The normalized spacial score (nSPS) is 23.6. The maximum atomic E-state index is 11.1. The lowest BCUT2D eigenvalue weighted by molar-refractivity contribution is -0.142. The van der Waals surface area contributed by atoms with Gasteiger partial charge in [-0.2, -0.15) is 0 Å². The number of nitrogens with one attached hydrogen (secondary N) is 1. The number of nitrogens with zero attached hydrogens (tertiary/aromatic N) is 1. The number of aliphatic imine (C=N–C) groups is 1. The molecule has 0 saturated carbocycles. The van der Waals surface area contributed by atoms with E-state index in [2.05, 4.69) is 22.0 Å². The van der Waals surface area contributed by atoms with E-state index in [1.807, 2.05) is 0 Å². The molecule has 4 nitrogen and oxygen atoms in total. The van der Waals surface area contributed by atoms with Gasteiger partial charge >= 0.3 is 5.97 Å². The predicted molar refractivity (Wildman–Crippen MR) is 58.5 cm³/mol. The van der Waals surface area contributed by atoms with Crippen LogP contribution >= 0.6 is 11.8 Å². The second kappa shape index (κ2) is 5.24. The number of hydrogen-bond acceptors (Lipinski definition) is 5. The van der Waals surface area contributed by atoms with Gasteiger partial charge in [-0.1, -0.05) is 18.7 Å². The molecule has 1 N–H and O–H groups in total. The van der Waals surface area contributed by atoms with Crippen molar-refractivity contribution in [2.75, 3.05) is 19.4 Å². The van der Waals surface area contributed by atoms with Gasteiger partial charge in [0.25, 0.3) is 0 Å². The first-order valence-corrected chi connectivity index (χ1v) is 5.63. The molecule has 0 aromatic heterocycles. The Hall–Kier alpha value is -0.710. The van der Waals surface area contributed by atoms with Gasteiger partial charge in [0, 0.05) is 12.3 Å². The highest BCUT2D eigenvalue weighted by Crippen LogP contribution is 2.15. The molecule has 1 aliphatic rings. The standard InChI is InChI=1S/C9H16N2O2S/c1-6-4-10-9(14-5-6)11-7(2)8(12)13-3/h6-7H,4-5H2,1-3H3,(H,10,11). The molecule has 0 radical (unpaired) electrons. The zero-order valence-electron chi connectivity index (χ0n) is 8.74. The zero-order valence-corrected chi connectivity index (χ0v) is 9.56. The monoisotopic (exact) mass is 216 g/mol. The lowest BCUT2D eigenvalue weighted by Gasteiger charge is -2.20. The van der Waals surface area contributed by atoms with Crippen LogP contribution in [0.2, 0.25) is 0 Å². The van der Waals surface area contributed by atoms with E-state index in [-0.39, 0.29) is 12.0 Å². The molecule has 1 heterocycles. The Morgan fingerprint density at radius 2 is 2.50 bits per heavy atom. The van der Waals surface area contributed by atoms with Crippen molar-refractivity contribution >= 4 is 22.9 Å². The van der Waals surface area contributed by atoms with E-state index >= 15 is 0 Å². The molecule has 0 aromatic carbocycles. The lowest BCUT2D eigenvalue weighted by Crippen LogP contribution is -2.39. The molecule has 0 saturated heterocycles. The molecule has 0 amide bonds. The van der Waals surface area contributed by atoms with Crippen molar-refractivity contribution in [3.8, 4) is 0 Å². The van der Waals surface area contributed by atoms with Crippen LogP contribution in [-0.2, 0) is 9.53 Å². The van der Waals surface area contributed by atoms with Crippen LogP contribution in [0.25, 0.3) is 0 Å². The minimum Gasteiger partial charge on any atom is -0.467 e. The summed E-state index contributed by atoms with van der Waals surface area (Å²) in [5.41, 5.74) is 0.